The van der Waals surface area contributed by atoms with Crippen molar-refractivity contribution in [2.45, 2.75) is 33.1 Å². The molecule has 0 radical (unpaired) electrons. The Morgan fingerprint density at radius 2 is 1.72 bits per heavy atom. The first-order valence-corrected chi connectivity index (χ1v) is 10.0. The van der Waals surface area contributed by atoms with E-state index in [0.29, 0.717) is 5.82 Å². The van der Waals surface area contributed by atoms with Gasteiger partial charge in [0.1, 0.15) is 5.82 Å². The first-order chi connectivity index (χ1) is 14.1. The fraction of sp³-hybridized carbons (Fsp3) is 0.364. The largest absolute Gasteiger partial charge is 0.369 e. The number of hydrogen-bond acceptors (Lipinski definition) is 5. The van der Waals surface area contributed by atoms with Gasteiger partial charge in [0.25, 0.3) is 5.91 Å². The van der Waals surface area contributed by atoms with Crippen LogP contribution in [0, 0.1) is 13.8 Å². The Bertz CT molecular complexity index is 862. The Morgan fingerprint density at radius 3 is 2.31 bits per heavy atom. The Kier molecular flexibility index (Phi) is 7.33. The van der Waals surface area contributed by atoms with Crippen LogP contribution in [0.2, 0.25) is 0 Å². The summed E-state index contributed by atoms with van der Waals surface area (Å²) in [5.41, 5.74) is 2.96. The molecule has 0 unspecified atom stereocenters. The molecule has 7 nitrogen and oxygen atoms in total. The van der Waals surface area contributed by atoms with Gasteiger partial charge in [0.2, 0.25) is 5.82 Å². The number of benzene rings is 1. The van der Waals surface area contributed by atoms with Crippen LogP contribution in [-0.4, -0.2) is 50.6 Å². The Labute approximate surface area is 171 Å². The molecule has 3 aromatic rings. The second-order valence-corrected chi connectivity index (χ2v) is 7.04. The lowest BCUT2D eigenvalue weighted by Crippen LogP contribution is -2.30. The molecule has 1 aliphatic rings. The van der Waals surface area contributed by atoms with Crippen molar-refractivity contribution in [3.63, 3.8) is 0 Å². The van der Waals surface area contributed by atoms with E-state index in [1.54, 1.807) is 0 Å². The quantitative estimate of drug-likeness (QED) is 0.695. The number of hydrogen-bond donors (Lipinski definition) is 2. The van der Waals surface area contributed by atoms with Crippen LogP contribution in [0.15, 0.2) is 48.8 Å². The summed E-state index contributed by atoms with van der Waals surface area (Å²) in [5, 5.41) is 10.0. The summed E-state index contributed by atoms with van der Waals surface area (Å²) in [4.78, 5) is 23.2. The molecule has 1 saturated heterocycles. The molecule has 4 rings (SSSR count). The average molecular weight is 393 g/mol. The van der Waals surface area contributed by atoms with Gasteiger partial charge in [0, 0.05) is 37.1 Å². The van der Waals surface area contributed by atoms with Crippen LogP contribution in [0.4, 0.5) is 5.82 Å². The number of anilines is 1. The zero-order valence-corrected chi connectivity index (χ0v) is 17.1. The summed E-state index contributed by atoms with van der Waals surface area (Å²) < 4.78 is 0. The maximum Gasteiger partial charge on any atom is 0.291 e. The second kappa shape index (κ2) is 10.4. The number of carbonyl (C=O) groups excluding carboxylic acids is 1. The highest BCUT2D eigenvalue weighted by Crippen LogP contribution is 2.17. The van der Waals surface area contributed by atoms with Crippen LogP contribution in [0.25, 0.3) is 0 Å². The van der Waals surface area contributed by atoms with E-state index in [-0.39, 0.29) is 5.91 Å². The van der Waals surface area contributed by atoms with Crippen LogP contribution < -0.4 is 5.32 Å². The number of H-pyrrole nitrogens is 1. The van der Waals surface area contributed by atoms with E-state index in [1.165, 1.54) is 0 Å². The molecule has 1 amide bonds. The standard InChI is InChI=1S/C16H22N6O.C6H6/c1-11-12(2)20-15(16(23)22-7-3-4-8-22)21-14(11)17-6-5-13-9-18-19-10-13;1-2-4-6-5-3-1/h9-10H,3-8H2,1-2H3,(H,18,19)(H,17,20,21);1-6H. The third-order valence-corrected chi connectivity index (χ3v) is 4.90. The summed E-state index contributed by atoms with van der Waals surface area (Å²) in [6.45, 7) is 6.23. The number of aromatic nitrogens is 4. The molecule has 0 aliphatic carbocycles. The molecule has 1 aliphatic heterocycles. The van der Waals surface area contributed by atoms with E-state index in [0.717, 1.165) is 61.5 Å². The lowest BCUT2D eigenvalue weighted by atomic mass is 10.2. The molecule has 0 bridgehead atoms. The normalized spacial score (nSPS) is 13.0. The number of carbonyl (C=O) groups is 1. The van der Waals surface area contributed by atoms with E-state index < -0.39 is 0 Å². The first-order valence-electron chi connectivity index (χ1n) is 10.0. The fourth-order valence-corrected chi connectivity index (χ4v) is 3.08. The van der Waals surface area contributed by atoms with Gasteiger partial charge in [-0.1, -0.05) is 36.4 Å². The topological polar surface area (TPSA) is 86.8 Å². The highest BCUT2D eigenvalue weighted by Gasteiger charge is 2.23. The molecule has 152 valence electrons. The number of amides is 1. The van der Waals surface area contributed by atoms with Crippen LogP contribution in [0.3, 0.4) is 0 Å². The van der Waals surface area contributed by atoms with Crippen molar-refractivity contribution in [3.8, 4) is 0 Å². The molecule has 29 heavy (non-hydrogen) atoms. The van der Waals surface area contributed by atoms with E-state index in [4.69, 9.17) is 0 Å². The summed E-state index contributed by atoms with van der Waals surface area (Å²) in [6, 6.07) is 12.0. The van der Waals surface area contributed by atoms with Crippen molar-refractivity contribution in [1.29, 1.82) is 0 Å². The van der Waals surface area contributed by atoms with Crippen molar-refractivity contribution >= 4 is 11.7 Å². The number of aryl methyl sites for hydroxylation is 1. The monoisotopic (exact) mass is 392 g/mol. The second-order valence-electron chi connectivity index (χ2n) is 7.04. The van der Waals surface area contributed by atoms with E-state index in [2.05, 4.69) is 25.5 Å². The maximum atomic E-state index is 12.5. The number of nitrogens with one attached hydrogen (secondary N) is 2. The highest BCUT2D eigenvalue weighted by atomic mass is 16.2. The third kappa shape index (κ3) is 5.88. The van der Waals surface area contributed by atoms with Gasteiger partial charge in [-0.05, 0) is 38.7 Å². The van der Waals surface area contributed by atoms with Crippen LogP contribution in [0.1, 0.15) is 40.3 Å². The van der Waals surface area contributed by atoms with Crippen molar-refractivity contribution in [3.05, 3.63) is 71.4 Å². The molecular weight excluding hydrogens is 364 g/mol. The SMILES string of the molecule is Cc1nc(C(=O)N2CCCC2)nc(NCCc2cn[nH]c2)c1C.c1ccccc1. The predicted octanol–water partition coefficient (Wildman–Crippen LogP) is 3.39. The predicted molar refractivity (Wildman–Crippen MR) is 114 cm³/mol. The van der Waals surface area contributed by atoms with E-state index in [1.807, 2.05) is 67.5 Å². The number of nitrogens with zero attached hydrogens (tertiary/aromatic N) is 4. The molecule has 7 heteroatoms. The summed E-state index contributed by atoms with van der Waals surface area (Å²) >= 11 is 0. The van der Waals surface area contributed by atoms with Crippen molar-refractivity contribution < 1.29 is 4.79 Å². The van der Waals surface area contributed by atoms with Gasteiger partial charge in [0.15, 0.2) is 0 Å². The van der Waals surface area contributed by atoms with Crippen LogP contribution in [-0.2, 0) is 6.42 Å². The van der Waals surface area contributed by atoms with E-state index >= 15 is 0 Å². The van der Waals surface area contributed by atoms with Crippen LogP contribution >= 0.6 is 0 Å². The minimum Gasteiger partial charge on any atom is -0.369 e. The smallest absolute Gasteiger partial charge is 0.291 e. The molecule has 0 saturated carbocycles. The van der Waals surface area contributed by atoms with Gasteiger partial charge in [-0.3, -0.25) is 9.89 Å². The van der Waals surface area contributed by atoms with Gasteiger partial charge >= 0.3 is 0 Å². The summed E-state index contributed by atoms with van der Waals surface area (Å²) in [6.07, 6.45) is 6.65. The van der Waals surface area contributed by atoms with Crippen molar-refractivity contribution in [2.24, 2.45) is 0 Å². The lowest BCUT2D eigenvalue weighted by Gasteiger charge is -2.16. The van der Waals surface area contributed by atoms with Gasteiger partial charge in [-0.2, -0.15) is 5.10 Å². The minimum absolute atomic E-state index is 0.0662. The zero-order valence-electron chi connectivity index (χ0n) is 17.1. The molecule has 0 spiro atoms. The van der Waals surface area contributed by atoms with Gasteiger partial charge in [-0.15, -0.1) is 0 Å². The Morgan fingerprint density at radius 1 is 1.07 bits per heavy atom. The van der Waals surface area contributed by atoms with Crippen LogP contribution in [0.5, 0.6) is 0 Å². The number of aromatic amines is 1. The fourth-order valence-electron chi connectivity index (χ4n) is 3.08. The summed E-state index contributed by atoms with van der Waals surface area (Å²) in [5.74, 6) is 0.966. The third-order valence-electron chi connectivity index (χ3n) is 4.90. The molecular formula is C22H28N6O. The number of rotatable bonds is 5. The number of likely N-dealkylation sites (tertiary alicyclic amines) is 1. The molecule has 1 fully saturated rings. The van der Waals surface area contributed by atoms with Crippen molar-refractivity contribution in [1.82, 2.24) is 25.1 Å². The van der Waals surface area contributed by atoms with Crippen molar-refractivity contribution in [2.75, 3.05) is 25.0 Å². The highest BCUT2D eigenvalue weighted by molar-refractivity contribution is 5.91. The van der Waals surface area contributed by atoms with E-state index in [9.17, 15) is 4.79 Å². The molecule has 0 atom stereocenters. The molecule has 2 N–H and O–H groups in total. The molecule has 1 aromatic carbocycles. The van der Waals surface area contributed by atoms with Gasteiger partial charge < -0.3 is 10.2 Å². The average Bonchev–Trinajstić information content (AvgIpc) is 3.46. The molecule has 2 aromatic heterocycles. The first kappa shape index (κ1) is 20.5. The van der Waals surface area contributed by atoms with Gasteiger partial charge in [0.05, 0.1) is 6.20 Å². The Balaban J connectivity index is 0.000000343. The Hall–Kier alpha value is -3.22. The lowest BCUT2D eigenvalue weighted by molar-refractivity contribution is 0.0780. The maximum absolute atomic E-state index is 12.5. The van der Waals surface area contributed by atoms with Gasteiger partial charge in [-0.25, -0.2) is 9.97 Å². The summed E-state index contributed by atoms with van der Waals surface area (Å²) in [7, 11) is 0. The molecule has 3 heterocycles. The minimum atomic E-state index is -0.0662. The zero-order chi connectivity index (χ0) is 20.5.